The molecule has 0 radical (unpaired) electrons. The summed E-state index contributed by atoms with van der Waals surface area (Å²) >= 11 is 0. The largest absolute Gasteiger partial charge is 0.397 e. The number of nitrogens with two attached hydrogens (primary N) is 1. The summed E-state index contributed by atoms with van der Waals surface area (Å²) in [7, 11) is 0. The van der Waals surface area contributed by atoms with Crippen molar-refractivity contribution in [2.24, 2.45) is 5.41 Å². The molecule has 0 aliphatic heterocycles. The van der Waals surface area contributed by atoms with E-state index in [-0.39, 0.29) is 17.4 Å². The first kappa shape index (κ1) is 19.5. The van der Waals surface area contributed by atoms with Crippen LogP contribution in [0.5, 0.6) is 0 Å². The average molecular weight is 374 g/mol. The molecular weight excluding hydrogens is 348 g/mol. The highest BCUT2D eigenvalue weighted by Gasteiger charge is 2.22. The van der Waals surface area contributed by atoms with Crippen LogP contribution in [-0.2, 0) is 0 Å². The van der Waals surface area contributed by atoms with Crippen LogP contribution >= 0.6 is 0 Å². The van der Waals surface area contributed by atoms with Crippen LogP contribution < -0.4 is 11.1 Å². The van der Waals surface area contributed by atoms with Gasteiger partial charge in [-0.1, -0.05) is 39.0 Å². The quantitative estimate of drug-likeness (QED) is 0.682. The van der Waals surface area contributed by atoms with Crippen LogP contribution in [0.25, 0.3) is 11.3 Å². The standard InChI is InChI=1S/C23H26N4O/c1-23(2,3)14-20(18-6-4-12-25-15-18)27-22(28)17-10-8-16(9-11-17)21-19(24)7-5-13-26-21/h4-13,15,20H,14,24H2,1-3H3,(H,27,28)/t20-/m1/s1. The Morgan fingerprint density at radius 3 is 2.39 bits per heavy atom. The molecule has 28 heavy (non-hydrogen) atoms. The second kappa shape index (κ2) is 8.21. The van der Waals surface area contributed by atoms with E-state index in [0.717, 1.165) is 23.2 Å². The number of pyridine rings is 2. The van der Waals surface area contributed by atoms with Crippen LogP contribution in [0.4, 0.5) is 5.69 Å². The minimum Gasteiger partial charge on any atom is -0.397 e. The molecular formula is C23H26N4O. The third kappa shape index (κ3) is 4.94. The van der Waals surface area contributed by atoms with Gasteiger partial charge in [0.25, 0.3) is 5.91 Å². The number of nitrogens with one attached hydrogen (secondary N) is 1. The van der Waals surface area contributed by atoms with E-state index in [2.05, 4.69) is 36.1 Å². The number of rotatable bonds is 5. The van der Waals surface area contributed by atoms with E-state index in [9.17, 15) is 4.79 Å². The Balaban J connectivity index is 1.79. The van der Waals surface area contributed by atoms with E-state index in [0.29, 0.717) is 11.3 Å². The maximum Gasteiger partial charge on any atom is 0.251 e. The van der Waals surface area contributed by atoms with Crippen LogP contribution in [0.15, 0.2) is 67.1 Å². The van der Waals surface area contributed by atoms with Crippen LogP contribution in [0.1, 0.15) is 49.2 Å². The Morgan fingerprint density at radius 1 is 1.07 bits per heavy atom. The molecule has 1 atom stereocenters. The van der Waals surface area contributed by atoms with Gasteiger partial charge in [-0.05, 0) is 47.7 Å². The topological polar surface area (TPSA) is 80.9 Å². The molecule has 3 N–H and O–H groups in total. The molecule has 5 heteroatoms. The molecule has 1 amide bonds. The van der Waals surface area contributed by atoms with Crippen molar-refractivity contribution in [3.8, 4) is 11.3 Å². The molecule has 3 rings (SSSR count). The van der Waals surface area contributed by atoms with Gasteiger partial charge in [0.05, 0.1) is 17.4 Å². The fourth-order valence-electron chi connectivity index (χ4n) is 3.13. The van der Waals surface area contributed by atoms with E-state index in [1.54, 1.807) is 30.6 Å². The zero-order valence-corrected chi connectivity index (χ0v) is 16.5. The first-order valence-electron chi connectivity index (χ1n) is 9.35. The zero-order chi connectivity index (χ0) is 20.1. The van der Waals surface area contributed by atoms with Crippen LogP contribution in [-0.4, -0.2) is 15.9 Å². The second-order valence-electron chi connectivity index (χ2n) is 8.10. The smallest absolute Gasteiger partial charge is 0.251 e. The highest BCUT2D eigenvalue weighted by atomic mass is 16.1. The first-order chi connectivity index (χ1) is 13.3. The third-order valence-corrected chi connectivity index (χ3v) is 4.47. The number of carbonyl (C=O) groups excluding carboxylic acids is 1. The molecule has 2 aromatic heterocycles. The van der Waals surface area contributed by atoms with E-state index < -0.39 is 0 Å². The maximum atomic E-state index is 12.9. The van der Waals surface area contributed by atoms with E-state index in [1.807, 2.05) is 36.5 Å². The number of nitrogen functional groups attached to an aromatic ring is 1. The monoisotopic (exact) mass is 374 g/mol. The molecule has 3 aromatic rings. The lowest BCUT2D eigenvalue weighted by atomic mass is 9.85. The van der Waals surface area contributed by atoms with Gasteiger partial charge in [-0.3, -0.25) is 14.8 Å². The average Bonchev–Trinajstić information content (AvgIpc) is 2.68. The normalized spacial score (nSPS) is 12.4. The Labute approximate surface area is 166 Å². The third-order valence-electron chi connectivity index (χ3n) is 4.47. The maximum absolute atomic E-state index is 12.9. The first-order valence-corrected chi connectivity index (χ1v) is 9.35. The highest BCUT2D eigenvalue weighted by molar-refractivity contribution is 5.95. The van der Waals surface area contributed by atoms with Crippen molar-refractivity contribution in [2.45, 2.75) is 33.2 Å². The van der Waals surface area contributed by atoms with E-state index >= 15 is 0 Å². The van der Waals surface area contributed by atoms with Gasteiger partial charge >= 0.3 is 0 Å². The van der Waals surface area contributed by atoms with Gasteiger partial charge in [0.1, 0.15) is 0 Å². The Bertz CT molecular complexity index is 931. The minimum absolute atomic E-state index is 0.0636. The second-order valence-corrected chi connectivity index (χ2v) is 8.10. The molecule has 1 aromatic carbocycles. The predicted octanol–water partition coefficient (Wildman–Crippen LogP) is 4.63. The summed E-state index contributed by atoms with van der Waals surface area (Å²) in [6.07, 6.45) is 6.06. The van der Waals surface area contributed by atoms with Crippen LogP contribution in [0.2, 0.25) is 0 Å². The van der Waals surface area contributed by atoms with Gasteiger partial charge in [0.15, 0.2) is 0 Å². The number of amides is 1. The van der Waals surface area contributed by atoms with Crippen LogP contribution in [0, 0.1) is 5.41 Å². The van der Waals surface area contributed by atoms with E-state index in [4.69, 9.17) is 5.73 Å². The summed E-state index contributed by atoms with van der Waals surface area (Å²) in [4.78, 5) is 21.4. The summed E-state index contributed by atoms with van der Waals surface area (Å²) in [5.41, 5.74) is 9.87. The lowest BCUT2D eigenvalue weighted by Crippen LogP contribution is -2.31. The summed E-state index contributed by atoms with van der Waals surface area (Å²) in [6.45, 7) is 6.48. The van der Waals surface area contributed by atoms with Crippen molar-refractivity contribution in [3.63, 3.8) is 0 Å². The Kier molecular flexibility index (Phi) is 5.73. The molecule has 5 nitrogen and oxygen atoms in total. The molecule has 0 fully saturated rings. The Morgan fingerprint density at radius 2 is 1.79 bits per heavy atom. The SMILES string of the molecule is CC(C)(C)C[C@@H](NC(=O)c1ccc(-c2ncccc2N)cc1)c1cccnc1. The summed E-state index contributed by atoms with van der Waals surface area (Å²) in [6, 6.07) is 14.7. The van der Waals surface area contributed by atoms with Gasteiger partial charge in [-0.25, -0.2) is 0 Å². The lowest BCUT2D eigenvalue weighted by Gasteiger charge is -2.27. The molecule has 0 saturated carbocycles. The number of anilines is 1. The fraction of sp³-hybridized carbons (Fsp3) is 0.261. The fourth-order valence-corrected chi connectivity index (χ4v) is 3.13. The van der Waals surface area contributed by atoms with Crippen molar-refractivity contribution in [1.29, 1.82) is 0 Å². The molecule has 0 aliphatic rings. The zero-order valence-electron chi connectivity index (χ0n) is 16.5. The number of nitrogens with zero attached hydrogens (tertiary/aromatic N) is 2. The summed E-state index contributed by atoms with van der Waals surface area (Å²) < 4.78 is 0. The van der Waals surface area contributed by atoms with Gasteiger partial charge in [0.2, 0.25) is 0 Å². The predicted molar refractivity (Wildman–Crippen MR) is 113 cm³/mol. The molecule has 2 heterocycles. The number of benzene rings is 1. The van der Waals surface area contributed by atoms with Gasteiger partial charge in [0, 0.05) is 29.7 Å². The molecule has 0 spiro atoms. The molecule has 0 saturated heterocycles. The molecule has 0 bridgehead atoms. The molecule has 144 valence electrons. The number of hydrogen-bond acceptors (Lipinski definition) is 4. The van der Waals surface area contributed by atoms with Crippen molar-refractivity contribution in [2.75, 3.05) is 5.73 Å². The van der Waals surface area contributed by atoms with Gasteiger partial charge in [-0.2, -0.15) is 0 Å². The van der Waals surface area contributed by atoms with E-state index in [1.165, 1.54) is 0 Å². The number of hydrogen-bond donors (Lipinski definition) is 2. The summed E-state index contributed by atoms with van der Waals surface area (Å²) in [5.74, 6) is -0.112. The van der Waals surface area contributed by atoms with Crippen molar-refractivity contribution >= 4 is 11.6 Å². The lowest BCUT2D eigenvalue weighted by molar-refractivity contribution is 0.0926. The van der Waals surface area contributed by atoms with Crippen LogP contribution in [0.3, 0.4) is 0 Å². The van der Waals surface area contributed by atoms with Crippen molar-refractivity contribution in [1.82, 2.24) is 15.3 Å². The van der Waals surface area contributed by atoms with Gasteiger partial charge < -0.3 is 11.1 Å². The Hall–Kier alpha value is -3.21. The van der Waals surface area contributed by atoms with Crippen molar-refractivity contribution < 1.29 is 4.79 Å². The highest BCUT2D eigenvalue weighted by Crippen LogP contribution is 2.29. The number of aromatic nitrogens is 2. The molecule has 0 unspecified atom stereocenters. The summed E-state index contributed by atoms with van der Waals surface area (Å²) in [5, 5.41) is 3.16. The minimum atomic E-state index is -0.112. The molecule has 0 aliphatic carbocycles. The number of carbonyl (C=O) groups is 1. The van der Waals surface area contributed by atoms with Crippen molar-refractivity contribution in [3.05, 3.63) is 78.2 Å². The van der Waals surface area contributed by atoms with Gasteiger partial charge in [-0.15, -0.1) is 0 Å².